The van der Waals surface area contributed by atoms with Crippen LogP contribution in [-0.4, -0.2) is 17.3 Å². The minimum atomic E-state index is 0.472. The third kappa shape index (κ3) is 2.21. The lowest BCUT2D eigenvalue weighted by atomic mass is 10.1. The molecule has 0 aliphatic carbocycles. The van der Waals surface area contributed by atoms with Crippen LogP contribution in [0.3, 0.4) is 0 Å². The summed E-state index contributed by atoms with van der Waals surface area (Å²) in [5, 5.41) is 7.53. The van der Waals surface area contributed by atoms with Gasteiger partial charge < -0.3 is 10.5 Å². The van der Waals surface area contributed by atoms with Crippen LogP contribution in [0.4, 0.5) is 5.82 Å². The molecule has 4 nitrogen and oxygen atoms in total. The summed E-state index contributed by atoms with van der Waals surface area (Å²) in [6, 6.07) is 3.69. The molecule has 0 radical (unpaired) electrons. The quantitative estimate of drug-likeness (QED) is 0.805. The Hall–Kier alpha value is -0.950. The Balaban J connectivity index is 2.70. The standard InChI is InChI=1S/C11H11ClIN3O/c1-5-3-6(12)4-7(10(5)17-2)9-8(13)11(14)16-15-9/h3-4H,1-2H3,(H3,14,15,16). The maximum atomic E-state index is 6.06. The number of ether oxygens (including phenoxy) is 1. The first kappa shape index (κ1) is 12.5. The number of methoxy groups -OCH3 is 1. The number of nitrogen functional groups attached to an aromatic ring is 1. The van der Waals surface area contributed by atoms with Crippen molar-refractivity contribution in [1.29, 1.82) is 0 Å². The van der Waals surface area contributed by atoms with Crippen molar-refractivity contribution in [1.82, 2.24) is 10.2 Å². The third-order valence-corrected chi connectivity index (χ3v) is 3.76. The Morgan fingerprint density at radius 2 is 2.18 bits per heavy atom. The van der Waals surface area contributed by atoms with E-state index in [2.05, 4.69) is 32.8 Å². The SMILES string of the molecule is COc1c(C)cc(Cl)cc1-c1[nH]nc(N)c1I. The predicted molar refractivity (Wildman–Crippen MR) is 77.5 cm³/mol. The molecule has 0 bridgehead atoms. The van der Waals surface area contributed by atoms with Crippen LogP contribution >= 0.6 is 34.2 Å². The number of anilines is 1. The van der Waals surface area contributed by atoms with Gasteiger partial charge in [-0.25, -0.2) is 0 Å². The van der Waals surface area contributed by atoms with Crippen molar-refractivity contribution in [3.05, 3.63) is 26.3 Å². The first-order valence-corrected chi connectivity index (χ1v) is 6.34. The summed E-state index contributed by atoms with van der Waals surface area (Å²) in [7, 11) is 1.63. The molecule has 6 heteroatoms. The first-order valence-electron chi connectivity index (χ1n) is 4.88. The highest BCUT2D eigenvalue weighted by molar-refractivity contribution is 14.1. The van der Waals surface area contributed by atoms with Gasteiger partial charge in [-0.1, -0.05) is 11.6 Å². The molecular weight excluding hydrogens is 352 g/mol. The molecule has 0 unspecified atom stereocenters. The van der Waals surface area contributed by atoms with Crippen LogP contribution in [0.25, 0.3) is 11.3 Å². The van der Waals surface area contributed by atoms with E-state index in [1.165, 1.54) is 0 Å². The molecule has 0 saturated carbocycles. The fraction of sp³-hybridized carbons (Fsp3) is 0.182. The van der Waals surface area contributed by atoms with Gasteiger partial charge in [-0.3, -0.25) is 5.10 Å². The number of aromatic nitrogens is 2. The second-order valence-electron chi connectivity index (χ2n) is 3.60. The van der Waals surface area contributed by atoms with E-state index < -0.39 is 0 Å². The van der Waals surface area contributed by atoms with Crippen molar-refractivity contribution in [2.45, 2.75) is 6.92 Å². The van der Waals surface area contributed by atoms with Crippen molar-refractivity contribution in [2.75, 3.05) is 12.8 Å². The predicted octanol–water partition coefficient (Wildman–Crippen LogP) is 3.23. The Morgan fingerprint density at radius 3 is 2.71 bits per heavy atom. The lowest BCUT2D eigenvalue weighted by Crippen LogP contribution is -1.93. The van der Waals surface area contributed by atoms with Crippen molar-refractivity contribution < 1.29 is 4.74 Å². The molecule has 1 heterocycles. The summed E-state index contributed by atoms with van der Waals surface area (Å²) in [6.07, 6.45) is 0. The van der Waals surface area contributed by atoms with Crippen LogP contribution in [0, 0.1) is 10.5 Å². The molecule has 0 amide bonds. The molecule has 0 atom stereocenters. The smallest absolute Gasteiger partial charge is 0.159 e. The van der Waals surface area contributed by atoms with E-state index in [1.807, 2.05) is 19.1 Å². The number of nitrogens with zero attached hydrogens (tertiary/aromatic N) is 1. The number of nitrogens with two attached hydrogens (primary N) is 1. The molecule has 2 aromatic rings. The maximum absolute atomic E-state index is 6.06. The van der Waals surface area contributed by atoms with Crippen molar-refractivity contribution in [3.8, 4) is 17.0 Å². The number of aromatic amines is 1. The molecule has 17 heavy (non-hydrogen) atoms. The minimum absolute atomic E-state index is 0.472. The van der Waals surface area contributed by atoms with Gasteiger partial charge in [0.05, 0.1) is 16.4 Å². The van der Waals surface area contributed by atoms with E-state index in [0.717, 1.165) is 26.1 Å². The highest BCUT2D eigenvalue weighted by Gasteiger charge is 2.16. The summed E-state index contributed by atoms with van der Waals surface area (Å²) in [5.41, 5.74) is 8.38. The van der Waals surface area contributed by atoms with Crippen molar-refractivity contribution in [2.24, 2.45) is 0 Å². The Morgan fingerprint density at radius 1 is 1.47 bits per heavy atom. The van der Waals surface area contributed by atoms with Gasteiger partial charge in [0, 0.05) is 10.6 Å². The van der Waals surface area contributed by atoms with Gasteiger partial charge in [0.1, 0.15) is 5.75 Å². The number of benzene rings is 1. The molecule has 0 saturated heterocycles. The topological polar surface area (TPSA) is 63.9 Å². The molecule has 0 fully saturated rings. The molecule has 0 aliphatic rings. The Bertz CT molecular complexity index is 568. The van der Waals surface area contributed by atoms with E-state index in [1.54, 1.807) is 7.11 Å². The molecule has 1 aromatic carbocycles. The maximum Gasteiger partial charge on any atom is 0.159 e. The van der Waals surface area contributed by atoms with Crippen molar-refractivity contribution >= 4 is 40.0 Å². The van der Waals surface area contributed by atoms with Crippen LogP contribution in [0.1, 0.15) is 5.56 Å². The lowest BCUT2D eigenvalue weighted by Gasteiger charge is -2.11. The second-order valence-corrected chi connectivity index (χ2v) is 5.12. The van der Waals surface area contributed by atoms with Crippen LogP contribution in [-0.2, 0) is 0 Å². The number of rotatable bonds is 2. The summed E-state index contributed by atoms with van der Waals surface area (Å²) >= 11 is 8.21. The summed E-state index contributed by atoms with van der Waals surface area (Å²) in [4.78, 5) is 0. The molecule has 1 aromatic heterocycles. The number of hydrogen-bond donors (Lipinski definition) is 2. The molecule has 3 N–H and O–H groups in total. The second kappa shape index (κ2) is 4.73. The zero-order valence-electron chi connectivity index (χ0n) is 9.34. The Labute approximate surface area is 118 Å². The highest BCUT2D eigenvalue weighted by atomic mass is 127. The molecule has 2 rings (SSSR count). The fourth-order valence-electron chi connectivity index (χ4n) is 1.71. The fourth-order valence-corrected chi connectivity index (χ4v) is 2.51. The Kier molecular flexibility index (Phi) is 3.48. The normalized spacial score (nSPS) is 10.6. The molecular formula is C11H11ClIN3O. The summed E-state index contributed by atoms with van der Waals surface area (Å²) in [5.74, 6) is 1.25. The lowest BCUT2D eigenvalue weighted by molar-refractivity contribution is 0.413. The van der Waals surface area contributed by atoms with E-state index in [-0.39, 0.29) is 0 Å². The zero-order chi connectivity index (χ0) is 12.6. The summed E-state index contributed by atoms with van der Waals surface area (Å²) in [6.45, 7) is 1.95. The molecule has 0 spiro atoms. The van der Waals surface area contributed by atoms with Gasteiger partial charge in [-0.05, 0) is 47.2 Å². The van der Waals surface area contributed by atoms with Gasteiger partial charge in [-0.2, -0.15) is 5.10 Å². The van der Waals surface area contributed by atoms with Gasteiger partial charge in [0.25, 0.3) is 0 Å². The third-order valence-electron chi connectivity index (χ3n) is 2.45. The molecule has 90 valence electrons. The van der Waals surface area contributed by atoms with E-state index in [0.29, 0.717) is 10.8 Å². The number of H-pyrrole nitrogens is 1. The van der Waals surface area contributed by atoms with Crippen LogP contribution < -0.4 is 10.5 Å². The number of hydrogen-bond acceptors (Lipinski definition) is 3. The largest absolute Gasteiger partial charge is 0.496 e. The first-order chi connectivity index (χ1) is 8.04. The van der Waals surface area contributed by atoms with Crippen LogP contribution in [0.5, 0.6) is 5.75 Å². The van der Waals surface area contributed by atoms with E-state index in [4.69, 9.17) is 22.1 Å². The average molecular weight is 364 g/mol. The summed E-state index contributed by atoms with van der Waals surface area (Å²) < 4.78 is 6.26. The highest BCUT2D eigenvalue weighted by Crippen LogP contribution is 2.37. The number of halogens is 2. The van der Waals surface area contributed by atoms with Gasteiger partial charge in [0.15, 0.2) is 5.82 Å². The number of nitrogens with one attached hydrogen (secondary N) is 1. The minimum Gasteiger partial charge on any atom is -0.496 e. The molecule has 0 aliphatic heterocycles. The monoisotopic (exact) mass is 363 g/mol. The van der Waals surface area contributed by atoms with Crippen LogP contribution in [0.2, 0.25) is 5.02 Å². The average Bonchev–Trinajstić information content (AvgIpc) is 2.59. The number of aryl methyl sites for hydroxylation is 1. The van der Waals surface area contributed by atoms with Crippen molar-refractivity contribution in [3.63, 3.8) is 0 Å². The van der Waals surface area contributed by atoms with Crippen LogP contribution in [0.15, 0.2) is 12.1 Å². The van der Waals surface area contributed by atoms with E-state index in [9.17, 15) is 0 Å². The van der Waals surface area contributed by atoms with Gasteiger partial charge >= 0.3 is 0 Å². The van der Waals surface area contributed by atoms with Gasteiger partial charge in [0.2, 0.25) is 0 Å². The van der Waals surface area contributed by atoms with E-state index >= 15 is 0 Å². The van der Waals surface area contributed by atoms with Gasteiger partial charge in [-0.15, -0.1) is 0 Å². The zero-order valence-corrected chi connectivity index (χ0v) is 12.3.